The number of esters is 1. The number of nitrogens with two attached hydrogens (primary N) is 1. The molecule has 2 heterocycles. The van der Waals surface area contributed by atoms with E-state index >= 15 is 0 Å². The second kappa shape index (κ2) is 12.5. The quantitative estimate of drug-likeness (QED) is 0.220. The van der Waals surface area contributed by atoms with Gasteiger partial charge in [-0.25, -0.2) is 9.59 Å². The Hall–Kier alpha value is -2.65. The number of benzene rings is 1. The van der Waals surface area contributed by atoms with Gasteiger partial charge in [0, 0.05) is 19.8 Å². The van der Waals surface area contributed by atoms with Crippen molar-refractivity contribution in [1.29, 1.82) is 0 Å². The molecule has 0 bridgehead atoms. The third-order valence-electron chi connectivity index (χ3n) is 4.79. The van der Waals surface area contributed by atoms with Gasteiger partial charge in [0.15, 0.2) is 0 Å². The van der Waals surface area contributed by atoms with Crippen molar-refractivity contribution in [2.75, 3.05) is 19.5 Å². The van der Waals surface area contributed by atoms with E-state index < -0.39 is 34.6 Å². The molecule has 3 rings (SSSR count). The van der Waals surface area contributed by atoms with Gasteiger partial charge in [0.1, 0.15) is 17.1 Å². The van der Waals surface area contributed by atoms with Gasteiger partial charge < -0.3 is 24.7 Å². The van der Waals surface area contributed by atoms with E-state index in [1.807, 2.05) is 6.92 Å². The van der Waals surface area contributed by atoms with Crippen LogP contribution in [0.15, 0.2) is 40.4 Å². The molecular weight excluding hydrogens is 516 g/mol. The third kappa shape index (κ3) is 7.67. The lowest BCUT2D eigenvalue weighted by atomic mass is 10.0. The number of rotatable bonds is 7. The van der Waals surface area contributed by atoms with Gasteiger partial charge in [0.05, 0.1) is 17.6 Å². The predicted molar refractivity (Wildman–Crippen MR) is 129 cm³/mol. The SMILES string of the molecule is COCC1=C(C(=O)OC(C)OC(=O)OC(C)C)N2C(=O)[C@@H](N)[C@H]2SC1.Cc1ccc(S(=O)(=O)O)cc1. The molecule has 0 aliphatic carbocycles. The smallest absolute Gasteiger partial charge is 0.431 e. The van der Waals surface area contributed by atoms with Crippen molar-refractivity contribution in [2.45, 2.75) is 56.4 Å². The van der Waals surface area contributed by atoms with Crippen molar-refractivity contribution in [2.24, 2.45) is 5.73 Å². The van der Waals surface area contributed by atoms with E-state index in [4.69, 9.17) is 29.2 Å². The molecule has 12 nitrogen and oxygen atoms in total. The monoisotopic (exact) mass is 546 g/mol. The minimum absolute atomic E-state index is 0.0666. The van der Waals surface area contributed by atoms with Crippen LogP contribution in [-0.4, -0.2) is 79.2 Å². The molecule has 3 N–H and O–H groups in total. The average Bonchev–Trinajstić information content (AvgIpc) is 2.77. The molecule has 36 heavy (non-hydrogen) atoms. The van der Waals surface area contributed by atoms with Crippen LogP contribution in [-0.2, 0) is 38.7 Å². The first-order valence-electron chi connectivity index (χ1n) is 10.8. The lowest BCUT2D eigenvalue weighted by Crippen LogP contribution is -2.68. The molecule has 1 saturated heterocycles. The number of ether oxygens (including phenoxy) is 4. The molecule has 3 atom stereocenters. The summed E-state index contributed by atoms with van der Waals surface area (Å²) in [5.74, 6) is -0.640. The van der Waals surface area contributed by atoms with Crippen LogP contribution in [0.2, 0.25) is 0 Å². The Morgan fingerprint density at radius 3 is 2.31 bits per heavy atom. The molecule has 2 aliphatic heterocycles. The van der Waals surface area contributed by atoms with Crippen molar-refractivity contribution in [1.82, 2.24) is 4.90 Å². The van der Waals surface area contributed by atoms with Crippen molar-refractivity contribution in [3.63, 3.8) is 0 Å². The summed E-state index contributed by atoms with van der Waals surface area (Å²) in [6, 6.07) is 5.34. The molecule has 1 unspecified atom stereocenters. The van der Waals surface area contributed by atoms with E-state index in [2.05, 4.69) is 0 Å². The molecule has 0 aromatic heterocycles. The summed E-state index contributed by atoms with van der Waals surface area (Å²) in [6.45, 7) is 6.73. The van der Waals surface area contributed by atoms with Gasteiger partial charge >= 0.3 is 12.1 Å². The number of methoxy groups -OCH3 is 1. The highest BCUT2D eigenvalue weighted by Gasteiger charge is 2.52. The van der Waals surface area contributed by atoms with E-state index in [9.17, 15) is 22.8 Å². The lowest BCUT2D eigenvalue weighted by molar-refractivity contribution is -0.169. The number of hydrogen-bond acceptors (Lipinski definition) is 11. The average molecular weight is 547 g/mol. The molecule has 0 saturated carbocycles. The Balaban J connectivity index is 0.000000346. The summed E-state index contributed by atoms with van der Waals surface area (Å²) in [5, 5.41) is -0.308. The van der Waals surface area contributed by atoms with Gasteiger partial charge in [-0.05, 0) is 38.5 Å². The fourth-order valence-corrected chi connectivity index (χ4v) is 4.90. The Kier molecular flexibility index (Phi) is 10.3. The summed E-state index contributed by atoms with van der Waals surface area (Å²) >= 11 is 1.46. The molecule has 0 radical (unpaired) electrons. The molecule has 1 fully saturated rings. The number of thioether (sulfide) groups is 1. The predicted octanol–water partition coefficient (Wildman–Crippen LogP) is 1.82. The van der Waals surface area contributed by atoms with Crippen LogP contribution >= 0.6 is 11.8 Å². The van der Waals surface area contributed by atoms with E-state index in [1.165, 1.54) is 42.8 Å². The topological polar surface area (TPSA) is 172 Å². The first kappa shape index (κ1) is 29.6. The van der Waals surface area contributed by atoms with Crippen LogP contribution in [0.25, 0.3) is 0 Å². The molecule has 2 aliphatic rings. The summed E-state index contributed by atoms with van der Waals surface area (Å²) in [5.41, 5.74) is 7.44. The van der Waals surface area contributed by atoms with Crippen molar-refractivity contribution < 1.29 is 46.3 Å². The summed E-state index contributed by atoms with van der Waals surface area (Å²) in [7, 11) is -2.53. The standard InChI is InChI=1S/C15H22N2O7S.C7H8O3S/c1-7(2)22-15(20)24-8(3)23-14(19)11-9(5-21-4)6-25-13-10(16)12(18)17(11)13;1-6-2-4-7(5-3-6)11(8,9)10/h7-8,10,13H,5-6,16H2,1-4H3;2-5H,1H3,(H,8,9,10)/t8?,10-,13-;/m1./s1. The zero-order valence-electron chi connectivity index (χ0n) is 20.5. The van der Waals surface area contributed by atoms with Gasteiger partial charge in [0.25, 0.3) is 10.1 Å². The maximum Gasteiger partial charge on any atom is 0.511 e. The minimum Gasteiger partial charge on any atom is -0.431 e. The summed E-state index contributed by atoms with van der Waals surface area (Å²) in [4.78, 5) is 37.3. The van der Waals surface area contributed by atoms with E-state index in [-0.39, 0.29) is 34.6 Å². The summed E-state index contributed by atoms with van der Waals surface area (Å²) < 4.78 is 49.5. The van der Waals surface area contributed by atoms with Crippen molar-refractivity contribution >= 4 is 39.9 Å². The number of carbonyl (C=O) groups excluding carboxylic acids is 3. The van der Waals surface area contributed by atoms with Gasteiger partial charge in [-0.1, -0.05) is 17.7 Å². The fourth-order valence-electron chi connectivity index (χ4n) is 3.15. The number of aryl methyl sites for hydroxylation is 1. The maximum absolute atomic E-state index is 12.5. The van der Waals surface area contributed by atoms with E-state index in [0.29, 0.717) is 11.3 Å². The number of amides is 1. The van der Waals surface area contributed by atoms with Gasteiger partial charge in [-0.2, -0.15) is 8.42 Å². The van der Waals surface area contributed by atoms with Crippen LogP contribution in [0.3, 0.4) is 0 Å². The number of hydrogen-bond donors (Lipinski definition) is 2. The highest BCUT2D eigenvalue weighted by atomic mass is 32.2. The number of nitrogens with zero attached hydrogens (tertiary/aromatic N) is 1. The fraction of sp³-hybridized carbons (Fsp3) is 0.500. The molecule has 200 valence electrons. The van der Waals surface area contributed by atoms with Crippen molar-refractivity contribution in [3.8, 4) is 0 Å². The Morgan fingerprint density at radius 1 is 1.17 bits per heavy atom. The highest BCUT2D eigenvalue weighted by molar-refractivity contribution is 8.00. The molecule has 14 heteroatoms. The number of carbonyl (C=O) groups is 3. The van der Waals surface area contributed by atoms with Crippen LogP contribution in [0.5, 0.6) is 0 Å². The Labute approximate surface area is 213 Å². The van der Waals surface area contributed by atoms with Gasteiger partial charge in [-0.3, -0.25) is 14.2 Å². The zero-order valence-corrected chi connectivity index (χ0v) is 22.1. The van der Waals surface area contributed by atoms with E-state index in [0.717, 1.165) is 5.56 Å². The molecule has 0 spiro atoms. The van der Waals surface area contributed by atoms with E-state index in [1.54, 1.807) is 26.0 Å². The first-order valence-corrected chi connectivity index (χ1v) is 13.3. The zero-order chi connectivity index (χ0) is 27.2. The normalized spacial score (nSPS) is 20.0. The van der Waals surface area contributed by atoms with Crippen LogP contribution < -0.4 is 5.73 Å². The first-order chi connectivity index (χ1) is 16.8. The summed E-state index contributed by atoms with van der Waals surface area (Å²) in [6.07, 6.45) is -2.48. The van der Waals surface area contributed by atoms with Crippen LogP contribution in [0, 0.1) is 6.92 Å². The molecule has 1 amide bonds. The lowest BCUT2D eigenvalue weighted by Gasteiger charge is -2.48. The molecular formula is C22H30N2O10S2. The van der Waals surface area contributed by atoms with Crippen LogP contribution in [0.4, 0.5) is 4.79 Å². The van der Waals surface area contributed by atoms with Crippen molar-refractivity contribution in [3.05, 3.63) is 41.1 Å². The molecule has 1 aromatic rings. The second-order valence-electron chi connectivity index (χ2n) is 8.12. The Bertz CT molecular complexity index is 1100. The Morgan fingerprint density at radius 2 is 1.78 bits per heavy atom. The van der Waals surface area contributed by atoms with Gasteiger partial charge in [0.2, 0.25) is 12.2 Å². The largest absolute Gasteiger partial charge is 0.511 e. The number of β-lactam (4-membered cyclic amide) rings is 1. The minimum atomic E-state index is -4.02. The van der Waals surface area contributed by atoms with Gasteiger partial charge in [-0.15, -0.1) is 11.8 Å². The highest BCUT2D eigenvalue weighted by Crippen LogP contribution is 2.39. The number of fused-ring (bicyclic) bond motifs is 1. The second-order valence-corrected chi connectivity index (χ2v) is 10.6. The van der Waals surface area contributed by atoms with Crippen LogP contribution in [0.1, 0.15) is 26.3 Å². The maximum atomic E-state index is 12.5. The molecule has 1 aromatic carbocycles. The third-order valence-corrected chi connectivity index (χ3v) is 7.01.